The highest BCUT2D eigenvalue weighted by atomic mass is 35.5. The molecule has 0 aromatic heterocycles. The molecule has 2 aliphatic rings. The second-order valence-corrected chi connectivity index (χ2v) is 6.34. The van der Waals surface area contributed by atoms with Gasteiger partial charge in [-0.15, -0.1) is 0 Å². The normalized spacial score (nSPS) is 25.1. The van der Waals surface area contributed by atoms with Crippen molar-refractivity contribution in [1.82, 2.24) is 5.32 Å². The van der Waals surface area contributed by atoms with Crippen LogP contribution in [0.15, 0.2) is 12.1 Å². The third kappa shape index (κ3) is 3.62. The molecule has 0 spiro atoms. The summed E-state index contributed by atoms with van der Waals surface area (Å²) in [5.74, 6) is 1.34. The molecule has 1 aromatic carbocycles. The molecule has 0 amide bonds. The molecular weight excluding hydrogens is 290 g/mol. The highest BCUT2D eigenvalue weighted by molar-refractivity contribution is 6.30. The first-order valence-corrected chi connectivity index (χ1v) is 7.99. The minimum atomic E-state index is -0.394. The Hall–Kier alpha value is -0.970. The van der Waals surface area contributed by atoms with Gasteiger partial charge in [-0.1, -0.05) is 11.6 Å². The zero-order valence-electron chi connectivity index (χ0n) is 12.3. The van der Waals surface area contributed by atoms with Crippen LogP contribution in [0.1, 0.15) is 37.7 Å². The second kappa shape index (κ2) is 6.42. The molecule has 0 saturated heterocycles. The fourth-order valence-electron chi connectivity index (χ4n) is 2.78. The van der Waals surface area contributed by atoms with Crippen LogP contribution in [0.25, 0.3) is 0 Å². The van der Waals surface area contributed by atoms with Crippen molar-refractivity contribution in [2.24, 2.45) is 0 Å². The molecule has 2 N–H and O–H groups in total. The van der Waals surface area contributed by atoms with Gasteiger partial charge in [-0.05, 0) is 38.2 Å². The molecule has 2 atom stereocenters. The van der Waals surface area contributed by atoms with Crippen molar-refractivity contribution in [1.29, 1.82) is 0 Å². The third-order valence-electron chi connectivity index (χ3n) is 4.16. The van der Waals surface area contributed by atoms with E-state index < -0.39 is 6.10 Å². The highest BCUT2D eigenvalue weighted by Gasteiger charge is 2.29. The molecule has 1 aromatic rings. The molecule has 0 radical (unpaired) electrons. The molecule has 116 valence electrons. The van der Waals surface area contributed by atoms with Gasteiger partial charge in [-0.3, -0.25) is 0 Å². The van der Waals surface area contributed by atoms with Crippen LogP contribution in [-0.2, 0) is 6.54 Å². The van der Waals surface area contributed by atoms with Gasteiger partial charge < -0.3 is 19.9 Å². The zero-order chi connectivity index (χ0) is 14.8. The maximum absolute atomic E-state index is 9.98. The Balaban J connectivity index is 1.82. The first-order valence-electron chi connectivity index (χ1n) is 7.62. The van der Waals surface area contributed by atoms with Gasteiger partial charge in [0.2, 0.25) is 0 Å². The van der Waals surface area contributed by atoms with E-state index in [4.69, 9.17) is 21.1 Å². The number of rotatable bonds is 6. The van der Waals surface area contributed by atoms with Gasteiger partial charge in [0.05, 0.1) is 13.2 Å². The van der Waals surface area contributed by atoms with E-state index in [9.17, 15) is 5.11 Å². The van der Waals surface area contributed by atoms with Crippen molar-refractivity contribution in [3.63, 3.8) is 0 Å². The van der Waals surface area contributed by atoms with Gasteiger partial charge in [0.1, 0.15) is 6.10 Å². The molecule has 5 heteroatoms. The van der Waals surface area contributed by atoms with Gasteiger partial charge in [0, 0.05) is 29.2 Å². The molecule has 2 aliphatic carbocycles. The second-order valence-electron chi connectivity index (χ2n) is 5.91. The van der Waals surface area contributed by atoms with E-state index in [-0.39, 0.29) is 6.10 Å². The summed E-state index contributed by atoms with van der Waals surface area (Å²) in [6, 6.07) is 4.29. The Morgan fingerprint density at radius 2 is 2.10 bits per heavy atom. The summed E-state index contributed by atoms with van der Waals surface area (Å²) in [6.45, 7) is 0.708. The minimum Gasteiger partial charge on any atom is -0.493 e. The average Bonchev–Trinajstić information content (AvgIpc) is 3.21. The fourth-order valence-corrected chi connectivity index (χ4v) is 3.01. The summed E-state index contributed by atoms with van der Waals surface area (Å²) >= 11 is 6.16. The number of ether oxygens (including phenoxy) is 2. The topological polar surface area (TPSA) is 50.7 Å². The van der Waals surface area contributed by atoms with E-state index in [0.29, 0.717) is 29.1 Å². The lowest BCUT2D eigenvalue weighted by atomic mass is 10.1. The lowest BCUT2D eigenvalue weighted by Crippen LogP contribution is -2.27. The molecular formula is C16H22ClNO3. The molecule has 0 bridgehead atoms. The summed E-state index contributed by atoms with van der Waals surface area (Å²) in [4.78, 5) is 0. The van der Waals surface area contributed by atoms with Crippen molar-refractivity contribution in [3.8, 4) is 11.5 Å². The predicted molar refractivity (Wildman–Crippen MR) is 82.1 cm³/mol. The first kappa shape index (κ1) is 14.9. The molecule has 2 unspecified atom stereocenters. The number of nitrogens with one attached hydrogen (secondary N) is 1. The molecule has 2 saturated carbocycles. The van der Waals surface area contributed by atoms with Gasteiger partial charge in [-0.2, -0.15) is 0 Å². The molecule has 21 heavy (non-hydrogen) atoms. The third-order valence-corrected chi connectivity index (χ3v) is 4.38. The van der Waals surface area contributed by atoms with Crippen LogP contribution in [0.4, 0.5) is 0 Å². The van der Waals surface area contributed by atoms with Crippen molar-refractivity contribution in [2.45, 2.75) is 56.9 Å². The van der Waals surface area contributed by atoms with Crippen molar-refractivity contribution in [2.75, 3.05) is 7.11 Å². The quantitative estimate of drug-likeness (QED) is 0.848. The van der Waals surface area contributed by atoms with E-state index in [1.807, 2.05) is 6.07 Å². The highest BCUT2D eigenvalue weighted by Crippen LogP contribution is 2.38. The summed E-state index contributed by atoms with van der Waals surface area (Å²) in [6.07, 6.45) is 4.59. The number of hydrogen-bond donors (Lipinski definition) is 2. The van der Waals surface area contributed by atoms with E-state index in [2.05, 4.69) is 5.32 Å². The maximum Gasteiger partial charge on any atom is 0.166 e. The Morgan fingerprint density at radius 1 is 1.29 bits per heavy atom. The average molecular weight is 312 g/mol. The van der Waals surface area contributed by atoms with Gasteiger partial charge in [-0.25, -0.2) is 0 Å². The molecule has 0 aliphatic heterocycles. The number of methoxy groups -OCH3 is 1. The summed E-state index contributed by atoms with van der Waals surface area (Å²) in [7, 11) is 1.61. The number of aliphatic hydroxyl groups is 1. The van der Waals surface area contributed by atoms with E-state index in [1.165, 1.54) is 12.8 Å². The summed E-state index contributed by atoms with van der Waals surface area (Å²) in [5, 5.41) is 14.1. The van der Waals surface area contributed by atoms with Crippen molar-refractivity contribution < 1.29 is 14.6 Å². The van der Waals surface area contributed by atoms with Crippen molar-refractivity contribution >= 4 is 11.6 Å². The van der Waals surface area contributed by atoms with Crippen LogP contribution in [0, 0.1) is 0 Å². The smallest absolute Gasteiger partial charge is 0.166 e. The maximum atomic E-state index is 9.98. The molecule has 2 fully saturated rings. The van der Waals surface area contributed by atoms with E-state index in [1.54, 1.807) is 13.2 Å². The van der Waals surface area contributed by atoms with E-state index >= 15 is 0 Å². The molecule has 4 nitrogen and oxygen atoms in total. The standard InChI is InChI=1S/C16H22ClNO3/c1-20-15-8-11(17)7-10(9-18-12-5-6-12)16(15)21-14-4-2-3-13(14)19/h7-8,12-14,18-19H,2-6,9H2,1H3. The molecule has 3 rings (SSSR count). The minimum absolute atomic E-state index is 0.153. The van der Waals surface area contributed by atoms with Crippen LogP contribution >= 0.6 is 11.6 Å². The lowest BCUT2D eigenvalue weighted by molar-refractivity contribution is 0.0579. The van der Waals surface area contributed by atoms with Crippen LogP contribution < -0.4 is 14.8 Å². The Morgan fingerprint density at radius 3 is 2.71 bits per heavy atom. The fraction of sp³-hybridized carbons (Fsp3) is 0.625. The number of hydrogen-bond acceptors (Lipinski definition) is 4. The Labute approximate surface area is 130 Å². The van der Waals surface area contributed by atoms with E-state index in [0.717, 1.165) is 24.8 Å². The zero-order valence-corrected chi connectivity index (χ0v) is 13.0. The van der Waals surface area contributed by atoms with Gasteiger partial charge >= 0.3 is 0 Å². The van der Waals surface area contributed by atoms with Crippen LogP contribution in [0.5, 0.6) is 11.5 Å². The van der Waals surface area contributed by atoms with Gasteiger partial charge in [0.25, 0.3) is 0 Å². The van der Waals surface area contributed by atoms with Crippen LogP contribution in [0.3, 0.4) is 0 Å². The van der Waals surface area contributed by atoms with Crippen LogP contribution in [-0.4, -0.2) is 30.5 Å². The largest absolute Gasteiger partial charge is 0.493 e. The summed E-state index contributed by atoms with van der Waals surface area (Å²) < 4.78 is 11.5. The number of halogens is 1. The SMILES string of the molecule is COc1cc(Cl)cc(CNC2CC2)c1OC1CCCC1O. The Kier molecular flexibility index (Phi) is 4.57. The monoisotopic (exact) mass is 311 g/mol. The first-order chi connectivity index (χ1) is 10.2. The number of benzene rings is 1. The predicted octanol–water partition coefficient (Wildman–Crippen LogP) is 2.89. The summed E-state index contributed by atoms with van der Waals surface area (Å²) in [5.41, 5.74) is 0.991. The van der Waals surface area contributed by atoms with Crippen LogP contribution in [0.2, 0.25) is 5.02 Å². The molecule has 0 heterocycles. The number of aliphatic hydroxyl groups excluding tert-OH is 1. The Bertz CT molecular complexity index is 505. The van der Waals surface area contributed by atoms with Gasteiger partial charge in [0.15, 0.2) is 11.5 Å². The van der Waals surface area contributed by atoms with Crippen molar-refractivity contribution in [3.05, 3.63) is 22.7 Å². The lowest BCUT2D eigenvalue weighted by Gasteiger charge is -2.22.